The van der Waals surface area contributed by atoms with Crippen LogP contribution in [0.4, 0.5) is 0 Å². The van der Waals surface area contributed by atoms with Crippen LogP contribution in [0.25, 0.3) is 6.08 Å². The Labute approximate surface area is 177 Å². The summed E-state index contributed by atoms with van der Waals surface area (Å²) >= 11 is 12.1. The molecule has 146 valence electrons. The molecule has 3 aromatic rings. The van der Waals surface area contributed by atoms with Crippen LogP contribution in [0.2, 0.25) is 10.0 Å². The zero-order valence-corrected chi connectivity index (χ0v) is 16.9. The van der Waals surface area contributed by atoms with E-state index in [-0.39, 0.29) is 11.5 Å². The molecule has 4 rings (SSSR count). The fourth-order valence-corrected chi connectivity index (χ4v) is 3.52. The second-order valence-corrected chi connectivity index (χ2v) is 7.37. The van der Waals surface area contributed by atoms with Gasteiger partial charge in [-0.3, -0.25) is 4.79 Å². The normalized spacial score (nSPS) is 17.0. The van der Waals surface area contributed by atoms with Crippen molar-refractivity contribution >= 4 is 35.1 Å². The van der Waals surface area contributed by atoms with Gasteiger partial charge in [0, 0.05) is 5.57 Å². The Balaban J connectivity index is 1.85. The smallest absolute Gasteiger partial charge is 0.196 e. The quantitative estimate of drug-likeness (QED) is 0.513. The van der Waals surface area contributed by atoms with Crippen LogP contribution in [0.15, 0.2) is 66.2 Å². The molecule has 1 atom stereocenters. The fraction of sp³-hybridized carbons (Fsp3) is 0.0870. The summed E-state index contributed by atoms with van der Waals surface area (Å²) in [6.45, 7) is 0. The third kappa shape index (κ3) is 3.82. The van der Waals surface area contributed by atoms with Gasteiger partial charge in [-0.2, -0.15) is 0 Å². The van der Waals surface area contributed by atoms with Crippen molar-refractivity contribution in [2.24, 2.45) is 0 Å². The average molecular weight is 427 g/mol. The van der Waals surface area contributed by atoms with Crippen molar-refractivity contribution in [1.29, 1.82) is 0 Å². The number of benzene rings is 3. The van der Waals surface area contributed by atoms with E-state index in [1.807, 2.05) is 24.3 Å². The van der Waals surface area contributed by atoms with E-state index >= 15 is 0 Å². The molecule has 0 aliphatic carbocycles. The molecule has 0 amide bonds. The Morgan fingerprint density at radius 1 is 1.00 bits per heavy atom. The summed E-state index contributed by atoms with van der Waals surface area (Å²) in [6, 6.07) is 17.0. The largest absolute Gasteiger partial charge is 0.508 e. The highest BCUT2D eigenvalue weighted by Crippen LogP contribution is 2.41. The van der Waals surface area contributed by atoms with E-state index < -0.39 is 6.10 Å². The Hall–Kier alpha value is -2.95. The van der Waals surface area contributed by atoms with Gasteiger partial charge in [0.15, 0.2) is 11.9 Å². The topological polar surface area (TPSA) is 55.8 Å². The van der Waals surface area contributed by atoms with Crippen LogP contribution in [-0.4, -0.2) is 18.0 Å². The lowest BCUT2D eigenvalue weighted by Gasteiger charge is -2.28. The molecule has 1 aliphatic heterocycles. The highest BCUT2D eigenvalue weighted by atomic mass is 35.5. The molecule has 3 aromatic carbocycles. The zero-order valence-electron chi connectivity index (χ0n) is 15.4. The molecule has 0 saturated heterocycles. The second kappa shape index (κ2) is 7.82. The van der Waals surface area contributed by atoms with Crippen molar-refractivity contribution in [3.8, 4) is 17.2 Å². The summed E-state index contributed by atoms with van der Waals surface area (Å²) < 4.78 is 11.4. The summed E-state index contributed by atoms with van der Waals surface area (Å²) in [5.74, 6) is 0.891. The minimum absolute atomic E-state index is 0.00233. The minimum Gasteiger partial charge on any atom is -0.508 e. The van der Waals surface area contributed by atoms with Crippen molar-refractivity contribution in [2.45, 2.75) is 6.10 Å². The van der Waals surface area contributed by atoms with Crippen LogP contribution in [0.1, 0.15) is 27.6 Å². The van der Waals surface area contributed by atoms with E-state index in [4.69, 9.17) is 32.7 Å². The number of rotatable bonds is 3. The minimum atomic E-state index is -0.625. The maximum atomic E-state index is 13.3. The summed E-state index contributed by atoms with van der Waals surface area (Å²) in [4.78, 5) is 13.3. The number of hydrogen-bond donors (Lipinski definition) is 1. The van der Waals surface area contributed by atoms with Crippen molar-refractivity contribution in [3.63, 3.8) is 0 Å². The number of hydrogen-bond acceptors (Lipinski definition) is 4. The molecule has 0 fully saturated rings. The predicted molar refractivity (Wildman–Crippen MR) is 113 cm³/mol. The standard InChI is InChI=1S/C23H16Cl2O4/c1-28-16-6-3-14(4-7-16)23-18(10-13-2-8-19(24)20(25)11-13)22(27)17-12-15(26)5-9-21(17)29-23/h2-12,23,26H,1H3/b18-10-. The monoisotopic (exact) mass is 426 g/mol. The van der Waals surface area contributed by atoms with E-state index in [9.17, 15) is 9.90 Å². The molecule has 1 aliphatic rings. The van der Waals surface area contributed by atoms with E-state index in [1.54, 1.807) is 37.5 Å². The second-order valence-electron chi connectivity index (χ2n) is 6.55. The first-order valence-electron chi connectivity index (χ1n) is 8.81. The molecule has 1 unspecified atom stereocenters. The number of ketones is 1. The molecule has 1 N–H and O–H groups in total. The van der Waals surface area contributed by atoms with Gasteiger partial charge >= 0.3 is 0 Å². The molecule has 4 nitrogen and oxygen atoms in total. The average Bonchev–Trinajstić information content (AvgIpc) is 2.73. The number of carbonyl (C=O) groups is 1. The first-order chi connectivity index (χ1) is 14.0. The lowest BCUT2D eigenvalue weighted by molar-refractivity contribution is 0.0963. The van der Waals surface area contributed by atoms with Gasteiger partial charge < -0.3 is 14.6 Å². The Kier molecular flexibility index (Phi) is 5.22. The molecule has 1 heterocycles. The predicted octanol–water partition coefficient (Wildman–Crippen LogP) is 6.11. The Morgan fingerprint density at radius 3 is 2.45 bits per heavy atom. The van der Waals surface area contributed by atoms with Gasteiger partial charge in [0.25, 0.3) is 0 Å². The van der Waals surface area contributed by atoms with Gasteiger partial charge in [-0.1, -0.05) is 41.4 Å². The van der Waals surface area contributed by atoms with Crippen LogP contribution >= 0.6 is 23.2 Å². The van der Waals surface area contributed by atoms with Gasteiger partial charge in [-0.25, -0.2) is 0 Å². The number of fused-ring (bicyclic) bond motifs is 1. The van der Waals surface area contributed by atoms with Crippen molar-refractivity contribution < 1.29 is 19.4 Å². The van der Waals surface area contributed by atoms with Crippen LogP contribution in [-0.2, 0) is 0 Å². The molecule has 29 heavy (non-hydrogen) atoms. The molecule has 0 spiro atoms. The van der Waals surface area contributed by atoms with Crippen LogP contribution in [0.3, 0.4) is 0 Å². The summed E-state index contributed by atoms with van der Waals surface area (Å²) in [5, 5.41) is 10.6. The molecular formula is C23H16Cl2O4. The lowest BCUT2D eigenvalue weighted by Crippen LogP contribution is -2.23. The molecule has 6 heteroatoms. The fourth-order valence-electron chi connectivity index (χ4n) is 3.21. The van der Waals surface area contributed by atoms with E-state index in [1.165, 1.54) is 12.1 Å². The third-order valence-electron chi connectivity index (χ3n) is 4.68. The van der Waals surface area contributed by atoms with Gasteiger partial charge in [-0.15, -0.1) is 0 Å². The Morgan fingerprint density at radius 2 is 1.76 bits per heavy atom. The first-order valence-corrected chi connectivity index (χ1v) is 9.57. The van der Waals surface area contributed by atoms with Crippen LogP contribution in [0, 0.1) is 0 Å². The highest BCUT2D eigenvalue weighted by molar-refractivity contribution is 6.42. The highest BCUT2D eigenvalue weighted by Gasteiger charge is 2.33. The number of halogens is 2. The SMILES string of the molecule is COc1ccc(C2Oc3ccc(O)cc3C(=O)/C2=C/c2ccc(Cl)c(Cl)c2)cc1. The first kappa shape index (κ1) is 19.4. The number of phenolic OH excluding ortho intramolecular Hbond substituents is 1. The van der Waals surface area contributed by atoms with E-state index in [0.29, 0.717) is 38.2 Å². The number of methoxy groups -OCH3 is 1. The van der Waals surface area contributed by atoms with Crippen LogP contribution < -0.4 is 9.47 Å². The third-order valence-corrected chi connectivity index (χ3v) is 5.42. The lowest BCUT2D eigenvalue weighted by atomic mass is 9.89. The molecule has 0 bridgehead atoms. The van der Waals surface area contributed by atoms with E-state index in [0.717, 1.165) is 5.56 Å². The summed E-state index contributed by atoms with van der Waals surface area (Å²) in [6.07, 6.45) is 1.10. The number of carbonyl (C=O) groups excluding carboxylic acids is 1. The van der Waals surface area contributed by atoms with E-state index in [2.05, 4.69) is 0 Å². The number of phenols is 1. The van der Waals surface area contributed by atoms with Crippen molar-refractivity contribution in [1.82, 2.24) is 0 Å². The van der Waals surface area contributed by atoms with Gasteiger partial charge in [0.2, 0.25) is 0 Å². The maximum absolute atomic E-state index is 13.3. The Bertz CT molecular complexity index is 1120. The molecule has 0 aromatic heterocycles. The summed E-state index contributed by atoms with van der Waals surface area (Å²) in [7, 11) is 1.59. The molecular weight excluding hydrogens is 411 g/mol. The molecule has 0 saturated carbocycles. The van der Waals surface area contributed by atoms with Crippen LogP contribution in [0.5, 0.6) is 17.2 Å². The number of aromatic hydroxyl groups is 1. The van der Waals surface area contributed by atoms with Crippen molar-refractivity contribution in [3.05, 3.63) is 93.0 Å². The maximum Gasteiger partial charge on any atom is 0.196 e. The van der Waals surface area contributed by atoms with Gasteiger partial charge in [-0.05, 0) is 59.7 Å². The zero-order chi connectivity index (χ0) is 20.5. The number of ether oxygens (including phenoxy) is 2. The van der Waals surface area contributed by atoms with Crippen molar-refractivity contribution in [2.75, 3.05) is 7.11 Å². The summed E-state index contributed by atoms with van der Waals surface area (Å²) in [5.41, 5.74) is 2.24. The number of Topliss-reactive ketones (excluding diaryl/α,β-unsaturated/α-hetero) is 1. The van der Waals surface area contributed by atoms with Gasteiger partial charge in [0.1, 0.15) is 17.2 Å². The molecule has 0 radical (unpaired) electrons. The van der Waals surface area contributed by atoms with Gasteiger partial charge in [0.05, 0.1) is 22.7 Å².